The third-order valence-electron chi connectivity index (χ3n) is 3.18. The molecule has 0 fully saturated rings. The number of aryl methyl sites for hydroxylation is 3. The number of benzene rings is 2. The molecule has 0 aliphatic heterocycles. The van der Waals surface area contributed by atoms with Gasteiger partial charge in [-0.05, 0) is 60.7 Å². The van der Waals surface area contributed by atoms with Crippen LogP contribution in [0.2, 0.25) is 0 Å². The number of hydrogen-bond acceptors (Lipinski definition) is 1. The van der Waals surface area contributed by atoms with Crippen LogP contribution in [0.25, 0.3) is 11.1 Å². The molecule has 0 heterocycles. The molecule has 1 nitrogen and oxygen atoms in total. The Kier molecular flexibility index (Phi) is 2.97. The lowest BCUT2D eigenvalue weighted by molar-refractivity contribution is 1.33. The van der Waals surface area contributed by atoms with Crippen LogP contribution in [0.1, 0.15) is 22.3 Å². The minimum atomic E-state index is 0.712. The van der Waals surface area contributed by atoms with E-state index in [1.165, 1.54) is 22.3 Å². The molecule has 0 atom stereocenters. The molecule has 0 aliphatic carbocycles. The highest BCUT2D eigenvalue weighted by Crippen LogP contribution is 2.26. The van der Waals surface area contributed by atoms with E-state index in [1.54, 1.807) is 0 Å². The van der Waals surface area contributed by atoms with Crippen LogP contribution in [0.4, 0.5) is 0 Å². The zero-order valence-electron chi connectivity index (χ0n) is 10.4. The third kappa shape index (κ3) is 2.21. The largest absolute Gasteiger partial charge is 0.192 e. The highest BCUT2D eigenvalue weighted by molar-refractivity contribution is 5.69. The van der Waals surface area contributed by atoms with Gasteiger partial charge in [0.25, 0.3) is 0 Å². The smallest absolute Gasteiger partial charge is 0.0991 e. The number of nitrogens with zero attached hydrogens (tertiary/aromatic N) is 1. The fourth-order valence-corrected chi connectivity index (χ4v) is 1.91. The summed E-state index contributed by atoms with van der Waals surface area (Å²) in [5, 5.41) is 8.95. The molecule has 0 N–H and O–H groups in total. The Balaban J connectivity index is 2.60. The van der Waals surface area contributed by atoms with Crippen molar-refractivity contribution in [3.05, 3.63) is 58.7 Å². The second-order valence-electron chi connectivity index (χ2n) is 4.44. The quantitative estimate of drug-likeness (QED) is 0.709. The van der Waals surface area contributed by atoms with E-state index in [0.717, 1.165) is 5.56 Å². The van der Waals surface area contributed by atoms with Crippen molar-refractivity contribution >= 4 is 0 Å². The van der Waals surface area contributed by atoms with Crippen molar-refractivity contribution in [2.75, 3.05) is 0 Å². The van der Waals surface area contributed by atoms with Gasteiger partial charge in [-0.15, -0.1) is 0 Å². The molecule has 0 spiro atoms. The van der Waals surface area contributed by atoms with E-state index in [2.05, 4.69) is 45.0 Å². The monoisotopic (exact) mass is 221 g/mol. The van der Waals surface area contributed by atoms with Gasteiger partial charge in [0.05, 0.1) is 11.6 Å². The summed E-state index contributed by atoms with van der Waals surface area (Å²) < 4.78 is 0. The fourth-order valence-electron chi connectivity index (χ4n) is 1.91. The maximum Gasteiger partial charge on any atom is 0.0991 e. The number of hydrogen-bond donors (Lipinski definition) is 0. The van der Waals surface area contributed by atoms with Gasteiger partial charge in [-0.25, -0.2) is 0 Å². The Labute approximate surface area is 102 Å². The summed E-state index contributed by atoms with van der Waals surface area (Å²) in [6, 6.07) is 14.4. The molecule has 0 saturated heterocycles. The first kappa shape index (κ1) is 11.4. The Hall–Kier alpha value is -2.07. The zero-order valence-corrected chi connectivity index (χ0v) is 10.4. The number of nitriles is 1. The van der Waals surface area contributed by atoms with Gasteiger partial charge >= 0.3 is 0 Å². The van der Waals surface area contributed by atoms with Gasteiger partial charge in [0.1, 0.15) is 0 Å². The molecular weight excluding hydrogens is 206 g/mol. The molecule has 0 radical (unpaired) electrons. The summed E-state index contributed by atoms with van der Waals surface area (Å²) in [5.74, 6) is 0. The van der Waals surface area contributed by atoms with Crippen LogP contribution in [0.3, 0.4) is 0 Å². The molecule has 2 aromatic carbocycles. The predicted molar refractivity (Wildman–Crippen MR) is 70.8 cm³/mol. The highest BCUT2D eigenvalue weighted by atomic mass is 14.2. The van der Waals surface area contributed by atoms with E-state index in [-0.39, 0.29) is 0 Å². The SMILES string of the molecule is Cc1ccc(-c2cc(C#N)ccc2C)cc1C. The maximum absolute atomic E-state index is 8.95. The predicted octanol–water partition coefficient (Wildman–Crippen LogP) is 4.15. The van der Waals surface area contributed by atoms with E-state index in [1.807, 2.05) is 18.2 Å². The standard InChI is InChI=1S/C16H15N/c1-11-5-7-15(8-13(11)3)16-9-14(10-17)6-4-12(16)2/h4-9H,1-3H3. The first-order valence-corrected chi connectivity index (χ1v) is 5.70. The lowest BCUT2D eigenvalue weighted by atomic mass is 9.96. The van der Waals surface area contributed by atoms with Crippen molar-refractivity contribution in [1.29, 1.82) is 5.26 Å². The van der Waals surface area contributed by atoms with Gasteiger partial charge in [0.15, 0.2) is 0 Å². The molecule has 0 aromatic heterocycles. The molecule has 0 saturated carbocycles. The summed E-state index contributed by atoms with van der Waals surface area (Å²) in [5.41, 5.74) is 6.82. The summed E-state index contributed by atoms with van der Waals surface area (Å²) in [7, 11) is 0. The van der Waals surface area contributed by atoms with Crippen molar-refractivity contribution in [1.82, 2.24) is 0 Å². The minimum absolute atomic E-state index is 0.712. The first-order valence-electron chi connectivity index (χ1n) is 5.70. The van der Waals surface area contributed by atoms with Crippen LogP contribution >= 0.6 is 0 Å². The molecule has 2 aromatic rings. The average molecular weight is 221 g/mol. The van der Waals surface area contributed by atoms with Crippen LogP contribution in [0.5, 0.6) is 0 Å². The summed E-state index contributed by atoms with van der Waals surface area (Å²) in [6.07, 6.45) is 0. The summed E-state index contributed by atoms with van der Waals surface area (Å²) in [4.78, 5) is 0. The molecule has 0 bridgehead atoms. The van der Waals surface area contributed by atoms with Crippen LogP contribution < -0.4 is 0 Å². The molecule has 2 rings (SSSR count). The van der Waals surface area contributed by atoms with Crippen LogP contribution in [0.15, 0.2) is 36.4 Å². The van der Waals surface area contributed by atoms with Gasteiger partial charge in [0, 0.05) is 0 Å². The first-order chi connectivity index (χ1) is 8.11. The molecule has 0 amide bonds. The molecule has 17 heavy (non-hydrogen) atoms. The van der Waals surface area contributed by atoms with Gasteiger partial charge in [-0.3, -0.25) is 0 Å². The molecule has 84 valence electrons. The Morgan fingerprint density at radius 2 is 1.53 bits per heavy atom. The van der Waals surface area contributed by atoms with Crippen molar-refractivity contribution in [3.63, 3.8) is 0 Å². The second-order valence-corrected chi connectivity index (χ2v) is 4.44. The van der Waals surface area contributed by atoms with E-state index in [0.29, 0.717) is 5.56 Å². The fraction of sp³-hybridized carbons (Fsp3) is 0.188. The highest BCUT2D eigenvalue weighted by Gasteiger charge is 2.04. The Morgan fingerprint density at radius 1 is 0.824 bits per heavy atom. The number of rotatable bonds is 1. The van der Waals surface area contributed by atoms with Gasteiger partial charge in [-0.2, -0.15) is 5.26 Å². The van der Waals surface area contributed by atoms with Crippen molar-refractivity contribution < 1.29 is 0 Å². The van der Waals surface area contributed by atoms with Gasteiger partial charge < -0.3 is 0 Å². The van der Waals surface area contributed by atoms with E-state index in [4.69, 9.17) is 5.26 Å². The summed E-state index contributed by atoms with van der Waals surface area (Å²) >= 11 is 0. The van der Waals surface area contributed by atoms with Crippen molar-refractivity contribution in [3.8, 4) is 17.2 Å². The lowest BCUT2D eigenvalue weighted by Crippen LogP contribution is -1.88. The van der Waals surface area contributed by atoms with E-state index >= 15 is 0 Å². The third-order valence-corrected chi connectivity index (χ3v) is 3.18. The van der Waals surface area contributed by atoms with Gasteiger partial charge in [-0.1, -0.05) is 24.3 Å². The Morgan fingerprint density at radius 3 is 2.18 bits per heavy atom. The minimum Gasteiger partial charge on any atom is -0.192 e. The van der Waals surface area contributed by atoms with E-state index < -0.39 is 0 Å². The van der Waals surface area contributed by atoms with Crippen molar-refractivity contribution in [2.24, 2.45) is 0 Å². The average Bonchev–Trinajstić information content (AvgIpc) is 2.33. The lowest BCUT2D eigenvalue weighted by Gasteiger charge is -2.09. The molecule has 1 heteroatoms. The molecule has 0 unspecified atom stereocenters. The topological polar surface area (TPSA) is 23.8 Å². The van der Waals surface area contributed by atoms with Crippen molar-refractivity contribution in [2.45, 2.75) is 20.8 Å². The van der Waals surface area contributed by atoms with Crippen LogP contribution in [0, 0.1) is 32.1 Å². The van der Waals surface area contributed by atoms with Crippen LogP contribution in [-0.4, -0.2) is 0 Å². The Bertz CT molecular complexity index is 603. The van der Waals surface area contributed by atoms with E-state index in [9.17, 15) is 0 Å². The van der Waals surface area contributed by atoms with Crippen LogP contribution in [-0.2, 0) is 0 Å². The van der Waals surface area contributed by atoms with Gasteiger partial charge in [0.2, 0.25) is 0 Å². The summed E-state index contributed by atoms with van der Waals surface area (Å²) in [6.45, 7) is 6.30. The molecule has 0 aliphatic rings. The molecular formula is C16H15N. The zero-order chi connectivity index (χ0) is 12.4. The maximum atomic E-state index is 8.95. The normalized spacial score (nSPS) is 10.0. The second kappa shape index (κ2) is 4.43.